The Morgan fingerprint density at radius 1 is 1.11 bits per heavy atom. The summed E-state index contributed by atoms with van der Waals surface area (Å²) in [6.45, 7) is 15.9. The van der Waals surface area contributed by atoms with E-state index in [9.17, 15) is 0 Å². The quantitative estimate of drug-likeness (QED) is 0.456. The van der Waals surface area contributed by atoms with E-state index >= 15 is 4.39 Å². The number of hydrogen-bond donors (Lipinski definition) is 2. The fourth-order valence-corrected chi connectivity index (χ4v) is 4.76. The lowest BCUT2D eigenvalue weighted by molar-refractivity contribution is 0.407. The number of halogens is 1. The molecule has 2 aliphatic rings. The number of benzene rings is 2. The molecule has 5 rings (SSSR count). The SMILES string of the molecule is [C-]#[N+]c1c(Nc2ccc(N3C[C@@H](C)N[C@@H](C)C3)cc2)ncnc1Oc1ccc2c(c1F)C=C(C)C2. The lowest BCUT2D eigenvalue weighted by Gasteiger charge is -2.37. The van der Waals surface area contributed by atoms with Gasteiger partial charge < -0.3 is 20.3 Å². The molecule has 1 aromatic heterocycles. The standard InChI is InChI=1S/C27H27FN6O/c1-16-11-19-5-10-23(24(28)22(19)12-16)35-27-25(29-4)26(30-15-31-27)33-20-6-8-21(9-7-20)34-13-17(2)32-18(3)14-34/h5-10,12,15,17-18,32H,11,13-14H2,1-3H3,(H,30,31,33)/t17-,18+. The van der Waals surface area contributed by atoms with Gasteiger partial charge in [-0.05, 0) is 63.1 Å². The molecule has 2 aromatic carbocycles. The molecule has 8 heteroatoms. The molecule has 0 saturated carbocycles. The third-order valence-electron chi connectivity index (χ3n) is 6.25. The minimum atomic E-state index is -0.449. The molecule has 35 heavy (non-hydrogen) atoms. The first kappa shape index (κ1) is 22.8. The number of fused-ring (bicyclic) bond motifs is 1. The van der Waals surface area contributed by atoms with E-state index in [1.165, 1.54) is 6.33 Å². The average Bonchev–Trinajstić information content (AvgIpc) is 3.22. The van der Waals surface area contributed by atoms with Crippen LogP contribution in [0.15, 0.2) is 48.3 Å². The molecule has 0 bridgehead atoms. The topological polar surface area (TPSA) is 66.7 Å². The van der Waals surface area contributed by atoms with Crippen LogP contribution in [-0.4, -0.2) is 35.1 Å². The molecular formula is C27H27FN6O. The number of allylic oxidation sites excluding steroid dienone is 1. The highest BCUT2D eigenvalue weighted by molar-refractivity contribution is 5.76. The number of nitrogens with zero attached hydrogens (tertiary/aromatic N) is 4. The van der Waals surface area contributed by atoms with E-state index in [4.69, 9.17) is 11.3 Å². The molecule has 7 nitrogen and oxygen atoms in total. The van der Waals surface area contributed by atoms with E-state index in [2.05, 4.69) is 56.3 Å². The Morgan fingerprint density at radius 3 is 2.57 bits per heavy atom. The summed E-state index contributed by atoms with van der Waals surface area (Å²) in [5.74, 6) is -0.0986. The van der Waals surface area contributed by atoms with Gasteiger partial charge in [0, 0.05) is 42.1 Å². The zero-order chi connectivity index (χ0) is 24.5. The van der Waals surface area contributed by atoms with Gasteiger partial charge in [-0.25, -0.2) is 19.2 Å². The summed E-state index contributed by atoms with van der Waals surface area (Å²) < 4.78 is 20.8. The van der Waals surface area contributed by atoms with Crippen LogP contribution in [0.25, 0.3) is 10.9 Å². The number of anilines is 3. The van der Waals surface area contributed by atoms with E-state index in [1.807, 2.05) is 31.2 Å². The summed E-state index contributed by atoms with van der Waals surface area (Å²) in [5, 5.41) is 6.72. The first-order valence-corrected chi connectivity index (χ1v) is 11.7. The van der Waals surface area contributed by atoms with Gasteiger partial charge >= 0.3 is 0 Å². The Labute approximate surface area is 204 Å². The van der Waals surface area contributed by atoms with Gasteiger partial charge in [-0.2, -0.15) is 0 Å². The first-order valence-electron chi connectivity index (χ1n) is 11.7. The van der Waals surface area contributed by atoms with Crippen LogP contribution in [0, 0.1) is 12.4 Å². The fourth-order valence-electron chi connectivity index (χ4n) is 4.76. The van der Waals surface area contributed by atoms with Crippen LogP contribution >= 0.6 is 0 Å². The van der Waals surface area contributed by atoms with Crippen molar-refractivity contribution in [2.45, 2.75) is 39.3 Å². The summed E-state index contributed by atoms with van der Waals surface area (Å²) in [6, 6.07) is 12.3. The van der Waals surface area contributed by atoms with Crippen molar-refractivity contribution >= 4 is 29.0 Å². The first-order chi connectivity index (χ1) is 16.9. The normalized spacial score (nSPS) is 19.1. The second-order valence-corrected chi connectivity index (χ2v) is 9.25. The van der Waals surface area contributed by atoms with Crippen molar-refractivity contribution in [3.05, 3.63) is 76.7 Å². The van der Waals surface area contributed by atoms with Gasteiger partial charge in [0.1, 0.15) is 12.1 Å². The lowest BCUT2D eigenvalue weighted by Crippen LogP contribution is -2.54. The number of piperazine rings is 1. The van der Waals surface area contributed by atoms with E-state index in [0.717, 1.165) is 42.0 Å². The maximum atomic E-state index is 15.0. The molecule has 178 valence electrons. The number of ether oxygens (including phenoxy) is 1. The molecule has 2 atom stereocenters. The van der Waals surface area contributed by atoms with Crippen LogP contribution < -0.4 is 20.3 Å². The summed E-state index contributed by atoms with van der Waals surface area (Å²) in [5.41, 5.74) is 4.57. The average molecular weight is 471 g/mol. The smallest absolute Gasteiger partial charge is 0.288 e. The van der Waals surface area contributed by atoms with E-state index in [0.29, 0.717) is 23.5 Å². The van der Waals surface area contributed by atoms with E-state index < -0.39 is 5.82 Å². The van der Waals surface area contributed by atoms with Gasteiger partial charge in [-0.1, -0.05) is 17.7 Å². The fraction of sp³-hybridized carbons (Fsp3) is 0.296. The highest BCUT2D eigenvalue weighted by Gasteiger charge is 2.22. The highest BCUT2D eigenvalue weighted by Crippen LogP contribution is 2.39. The van der Waals surface area contributed by atoms with Gasteiger partial charge in [-0.15, -0.1) is 0 Å². The van der Waals surface area contributed by atoms with Crippen LogP contribution in [0.1, 0.15) is 31.9 Å². The third-order valence-corrected chi connectivity index (χ3v) is 6.25. The van der Waals surface area contributed by atoms with Crippen molar-refractivity contribution in [2.75, 3.05) is 23.3 Å². The van der Waals surface area contributed by atoms with E-state index in [-0.39, 0.29) is 17.3 Å². The van der Waals surface area contributed by atoms with Crippen LogP contribution in [0.2, 0.25) is 0 Å². The van der Waals surface area contributed by atoms with Crippen LogP contribution in [0.4, 0.5) is 27.3 Å². The zero-order valence-electron chi connectivity index (χ0n) is 20.0. The van der Waals surface area contributed by atoms with Crippen molar-refractivity contribution in [2.24, 2.45) is 0 Å². The van der Waals surface area contributed by atoms with Crippen LogP contribution in [0.5, 0.6) is 11.6 Å². The van der Waals surface area contributed by atoms with Gasteiger partial charge in [0.05, 0.1) is 6.57 Å². The highest BCUT2D eigenvalue weighted by atomic mass is 19.1. The Kier molecular flexibility index (Phi) is 6.10. The molecule has 2 N–H and O–H groups in total. The molecule has 3 aromatic rings. The van der Waals surface area contributed by atoms with E-state index in [1.54, 1.807) is 6.07 Å². The summed E-state index contributed by atoms with van der Waals surface area (Å²) in [7, 11) is 0. The Morgan fingerprint density at radius 2 is 1.86 bits per heavy atom. The second-order valence-electron chi connectivity index (χ2n) is 9.25. The predicted molar refractivity (Wildman–Crippen MR) is 136 cm³/mol. The Balaban J connectivity index is 1.36. The number of aromatic nitrogens is 2. The second kappa shape index (κ2) is 9.35. The number of nitrogens with one attached hydrogen (secondary N) is 2. The number of rotatable bonds is 5. The Bertz CT molecular complexity index is 1320. The minimum Gasteiger partial charge on any atom is -0.446 e. The molecule has 1 fully saturated rings. The lowest BCUT2D eigenvalue weighted by atomic mass is 10.1. The predicted octanol–water partition coefficient (Wildman–Crippen LogP) is 5.85. The molecule has 0 radical (unpaired) electrons. The van der Waals surface area contributed by atoms with Crippen LogP contribution in [0.3, 0.4) is 0 Å². The largest absolute Gasteiger partial charge is 0.446 e. The maximum absolute atomic E-state index is 15.0. The summed E-state index contributed by atoms with van der Waals surface area (Å²) in [4.78, 5) is 14.3. The van der Waals surface area contributed by atoms with Gasteiger partial charge in [-0.3, -0.25) is 0 Å². The minimum absolute atomic E-state index is 0.00969. The number of hydrogen-bond acceptors (Lipinski definition) is 6. The third kappa shape index (κ3) is 4.68. The molecule has 1 aliphatic heterocycles. The van der Waals surface area contributed by atoms with Crippen molar-refractivity contribution < 1.29 is 9.13 Å². The van der Waals surface area contributed by atoms with Gasteiger partial charge in [0.2, 0.25) is 5.88 Å². The molecular weight excluding hydrogens is 443 g/mol. The van der Waals surface area contributed by atoms with Crippen molar-refractivity contribution in [3.63, 3.8) is 0 Å². The van der Waals surface area contributed by atoms with Crippen molar-refractivity contribution in [1.29, 1.82) is 0 Å². The van der Waals surface area contributed by atoms with Crippen molar-refractivity contribution in [1.82, 2.24) is 15.3 Å². The summed E-state index contributed by atoms with van der Waals surface area (Å²) >= 11 is 0. The van der Waals surface area contributed by atoms with Gasteiger partial charge in [0.15, 0.2) is 11.6 Å². The van der Waals surface area contributed by atoms with Gasteiger partial charge in [0.25, 0.3) is 5.69 Å². The molecule has 1 aliphatic carbocycles. The maximum Gasteiger partial charge on any atom is 0.288 e. The molecule has 0 unspecified atom stereocenters. The molecule has 0 amide bonds. The summed E-state index contributed by atoms with van der Waals surface area (Å²) in [6.07, 6.45) is 3.86. The molecule has 2 heterocycles. The Hall–Kier alpha value is -3.96. The molecule has 0 spiro atoms. The van der Waals surface area contributed by atoms with Crippen LogP contribution in [-0.2, 0) is 6.42 Å². The monoisotopic (exact) mass is 470 g/mol. The van der Waals surface area contributed by atoms with Crippen molar-refractivity contribution in [3.8, 4) is 11.6 Å². The molecule has 1 saturated heterocycles. The zero-order valence-corrected chi connectivity index (χ0v) is 20.0.